The number of benzene rings is 3. The smallest absolute Gasteiger partial charge is 0.369 e. The Balaban J connectivity index is 1.82. The summed E-state index contributed by atoms with van der Waals surface area (Å²) in [5.41, 5.74) is 3.90. The fraction of sp³-hybridized carbons (Fsp3) is 0.441. The van der Waals surface area contributed by atoms with Crippen molar-refractivity contribution in [3.05, 3.63) is 107 Å². The molecule has 0 heterocycles. The van der Waals surface area contributed by atoms with Crippen LogP contribution in [0.4, 0.5) is 26.3 Å². The van der Waals surface area contributed by atoms with Gasteiger partial charge < -0.3 is 5.73 Å². The number of amides is 1. The molecule has 1 aliphatic rings. The number of halogens is 6. The number of carbonyl (C=O) groups is 1. The maximum absolute atomic E-state index is 13.8. The van der Waals surface area contributed by atoms with Crippen LogP contribution in [0.5, 0.6) is 0 Å². The third-order valence-electron chi connectivity index (χ3n) is 9.37. The molecule has 3 nitrogen and oxygen atoms in total. The minimum absolute atomic E-state index is 0.0733. The Morgan fingerprint density at radius 2 is 1.44 bits per heavy atom. The lowest BCUT2D eigenvalue weighted by atomic mass is 9.54. The van der Waals surface area contributed by atoms with Gasteiger partial charge in [-0.3, -0.25) is 9.69 Å². The fourth-order valence-electron chi connectivity index (χ4n) is 7.12. The van der Waals surface area contributed by atoms with E-state index in [-0.39, 0.29) is 23.7 Å². The molecule has 3 aromatic carbocycles. The summed E-state index contributed by atoms with van der Waals surface area (Å²) >= 11 is 0. The van der Waals surface area contributed by atoms with Crippen molar-refractivity contribution in [2.24, 2.45) is 11.7 Å². The summed E-state index contributed by atoms with van der Waals surface area (Å²) < 4.78 is 83.0. The summed E-state index contributed by atoms with van der Waals surface area (Å²) in [5.74, 6) is -2.35. The number of nitrogens with two attached hydrogens (primary N) is 1. The lowest BCUT2D eigenvalue weighted by Crippen LogP contribution is -2.54. The Morgan fingerprint density at radius 3 is 1.93 bits per heavy atom. The third kappa shape index (κ3) is 6.77. The van der Waals surface area contributed by atoms with E-state index >= 15 is 0 Å². The molecule has 9 heteroatoms. The van der Waals surface area contributed by atoms with Crippen LogP contribution in [0.3, 0.4) is 0 Å². The van der Waals surface area contributed by atoms with E-state index in [9.17, 15) is 31.1 Å². The van der Waals surface area contributed by atoms with E-state index in [0.717, 1.165) is 30.5 Å². The lowest BCUT2D eigenvalue weighted by molar-refractivity contribution is -0.143. The number of primary amides is 1. The Kier molecular flexibility index (Phi) is 9.64. The van der Waals surface area contributed by atoms with Crippen LogP contribution in [0, 0.1) is 5.92 Å². The van der Waals surface area contributed by atoms with Gasteiger partial charge >= 0.3 is 12.4 Å². The molecule has 1 amide bonds. The zero-order valence-electron chi connectivity index (χ0n) is 24.6. The maximum Gasteiger partial charge on any atom is 0.416 e. The minimum atomic E-state index is -4.98. The molecule has 5 atom stereocenters. The average Bonchev–Trinajstić information content (AvgIpc) is 2.98. The van der Waals surface area contributed by atoms with Crippen molar-refractivity contribution >= 4 is 5.91 Å². The number of nitrogens with zero attached hydrogens (tertiary/aromatic N) is 1. The lowest BCUT2D eigenvalue weighted by Gasteiger charge is -2.52. The summed E-state index contributed by atoms with van der Waals surface area (Å²) in [6.07, 6.45) is -6.90. The molecule has 3 aromatic rings. The molecule has 2 N–H and O–H groups in total. The topological polar surface area (TPSA) is 46.3 Å². The van der Waals surface area contributed by atoms with E-state index in [0.29, 0.717) is 24.8 Å². The van der Waals surface area contributed by atoms with E-state index in [4.69, 9.17) is 5.73 Å². The predicted molar refractivity (Wildman–Crippen MR) is 155 cm³/mol. The van der Waals surface area contributed by atoms with Gasteiger partial charge in [-0.1, -0.05) is 80.9 Å². The molecule has 4 rings (SSSR count). The molecule has 1 fully saturated rings. The summed E-state index contributed by atoms with van der Waals surface area (Å²) in [7, 11) is 2.01. The summed E-state index contributed by atoms with van der Waals surface area (Å²) in [4.78, 5) is 15.6. The predicted octanol–water partition coefficient (Wildman–Crippen LogP) is 8.89. The van der Waals surface area contributed by atoms with Crippen molar-refractivity contribution in [1.82, 2.24) is 4.90 Å². The second-order valence-corrected chi connectivity index (χ2v) is 11.7. The highest BCUT2D eigenvalue weighted by molar-refractivity contribution is 5.79. The number of hydrogen-bond acceptors (Lipinski definition) is 2. The van der Waals surface area contributed by atoms with Gasteiger partial charge in [0.25, 0.3) is 0 Å². The minimum Gasteiger partial charge on any atom is -0.369 e. The molecule has 232 valence electrons. The summed E-state index contributed by atoms with van der Waals surface area (Å²) in [6, 6.07) is 20.6. The van der Waals surface area contributed by atoms with E-state index in [2.05, 4.69) is 24.0 Å². The quantitative estimate of drug-likeness (QED) is 0.248. The standard InChI is InChI=1S/C34H38F6N2O/c1-4-11-30(23-12-7-5-8-13-23)42(3)28-16-17-32(29(21-28)31(41)43,25-14-9-6-10-15-25)22(2)24-18-26(33(35,36)37)20-27(19-24)34(38,39)40/h5-10,12-15,18-20,22,28-30H,4,11,16-17,21H2,1-3H3,(H2,41,43). The highest BCUT2D eigenvalue weighted by Gasteiger charge is 2.52. The molecular weight excluding hydrogens is 566 g/mol. The first-order chi connectivity index (χ1) is 20.2. The second-order valence-electron chi connectivity index (χ2n) is 11.7. The van der Waals surface area contributed by atoms with Gasteiger partial charge in [-0.25, -0.2) is 0 Å². The molecule has 43 heavy (non-hydrogen) atoms. The van der Waals surface area contributed by atoms with Crippen molar-refractivity contribution in [3.8, 4) is 0 Å². The Labute approximate surface area is 249 Å². The maximum atomic E-state index is 13.8. The molecule has 5 unspecified atom stereocenters. The van der Waals surface area contributed by atoms with Crippen molar-refractivity contribution in [2.45, 2.75) is 81.7 Å². The van der Waals surface area contributed by atoms with E-state index < -0.39 is 46.6 Å². The SMILES string of the molecule is CCCC(c1ccccc1)N(C)C1CCC(c2ccccc2)(C(C)c2cc(C(F)(F)F)cc(C(F)(F)F)c2)C(C(N)=O)C1. The van der Waals surface area contributed by atoms with Crippen LogP contribution >= 0.6 is 0 Å². The van der Waals surface area contributed by atoms with Crippen molar-refractivity contribution in [3.63, 3.8) is 0 Å². The number of hydrogen-bond donors (Lipinski definition) is 1. The van der Waals surface area contributed by atoms with Crippen LogP contribution < -0.4 is 5.73 Å². The van der Waals surface area contributed by atoms with E-state index in [1.807, 2.05) is 25.2 Å². The molecule has 0 saturated heterocycles. The fourth-order valence-corrected chi connectivity index (χ4v) is 7.12. The van der Waals surface area contributed by atoms with Crippen LogP contribution in [0.15, 0.2) is 78.9 Å². The van der Waals surface area contributed by atoms with Gasteiger partial charge in [0.1, 0.15) is 0 Å². The molecule has 0 bridgehead atoms. The molecule has 1 saturated carbocycles. The largest absolute Gasteiger partial charge is 0.416 e. The Hall–Kier alpha value is -3.33. The zero-order valence-corrected chi connectivity index (χ0v) is 24.6. The average molecular weight is 605 g/mol. The monoisotopic (exact) mass is 604 g/mol. The zero-order chi connectivity index (χ0) is 31.6. The highest BCUT2D eigenvalue weighted by atomic mass is 19.4. The normalized spacial score (nSPS) is 22.7. The van der Waals surface area contributed by atoms with Crippen molar-refractivity contribution in [2.75, 3.05) is 7.05 Å². The molecular formula is C34H38F6N2O. The molecule has 1 aliphatic carbocycles. The third-order valence-corrected chi connectivity index (χ3v) is 9.37. The van der Waals surface area contributed by atoms with E-state index in [1.165, 1.54) is 0 Å². The number of carbonyl (C=O) groups excluding carboxylic acids is 1. The van der Waals surface area contributed by atoms with Gasteiger partial charge in [-0.2, -0.15) is 26.3 Å². The highest BCUT2D eigenvalue weighted by Crippen LogP contribution is 2.54. The summed E-state index contributed by atoms with van der Waals surface area (Å²) in [6.45, 7) is 3.72. The summed E-state index contributed by atoms with van der Waals surface area (Å²) in [5, 5.41) is 0. The van der Waals surface area contributed by atoms with Gasteiger partial charge in [-0.15, -0.1) is 0 Å². The first-order valence-electron chi connectivity index (χ1n) is 14.6. The van der Waals surface area contributed by atoms with Gasteiger partial charge in [0.15, 0.2) is 0 Å². The Morgan fingerprint density at radius 1 is 0.907 bits per heavy atom. The molecule has 0 aromatic heterocycles. The molecule has 0 spiro atoms. The van der Waals surface area contributed by atoms with Gasteiger partial charge in [0.2, 0.25) is 5.91 Å². The van der Waals surface area contributed by atoms with Gasteiger partial charge in [0, 0.05) is 23.4 Å². The Bertz CT molecular complexity index is 1340. The van der Waals surface area contributed by atoms with Gasteiger partial charge in [-0.05, 0) is 73.5 Å². The van der Waals surface area contributed by atoms with Crippen LogP contribution in [0.1, 0.15) is 85.7 Å². The molecule has 0 radical (unpaired) electrons. The van der Waals surface area contributed by atoms with Crippen LogP contribution in [0.25, 0.3) is 0 Å². The molecule has 0 aliphatic heterocycles. The number of alkyl halides is 6. The second kappa shape index (κ2) is 12.7. The first-order valence-corrected chi connectivity index (χ1v) is 14.6. The van der Waals surface area contributed by atoms with Crippen molar-refractivity contribution in [1.29, 1.82) is 0 Å². The van der Waals surface area contributed by atoms with E-state index in [1.54, 1.807) is 37.3 Å². The van der Waals surface area contributed by atoms with Crippen LogP contribution in [-0.4, -0.2) is 23.9 Å². The first kappa shape index (κ1) is 32.6. The van der Waals surface area contributed by atoms with Crippen LogP contribution in [-0.2, 0) is 22.6 Å². The van der Waals surface area contributed by atoms with Crippen molar-refractivity contribution < 1.29 is 31.1 Å². The number of rotatable bonds is 9. The van der Waals surface area contributed by atoms with Gasteiger partial charge in [0.05, 0.1) is 11.1 Å². The van der Waals surface area contributed by atoms with Crippen LogP contribution in [0.2, 0.25) is 0 Å².